The van der Waals surface area contributed by atoms with Gasteiger partial charge in [0.25, 0.3) is 0 Å². The molecule has 0 aromatic carbocycles. The molecule has 0 radical (unpaired) electrons. The third-order valence-electron chi connectivity index (χ3n) is 2.17. The van der Waals surface area contributed by atoms with Gasteiger partial charge in [0.05, 0.1) is 0 Å². The van der Waals surface area contributed by atoms with Crippen LogP contribution in [0.15, 0.2) is 24.3 Å². The highest BCUT2D eigenvalue weighted by atomic mass is 16.5. The average Bonchev–Trinajstić information content (AvgIpc) is 2.39. The quantitative estimate of drug-likeness (QED) is 0.301. The first kappa shape index (κ1) is 17.1. The predicted molar refractivity (Wildman–Crippen MR) is 79.2 cm³/mol. The Bertz CT molecular complexity index is 408. The zero-order chi connectivity index (χ0) is 14.2. The van der Waals surface area contributed by atoms with Crippen LogP contribution in [0.5, 0.6) is 0 Å². The molecule has 0 aliphatic rings. The third-order valence-corrected chi connectivity index (χ3v) is 2.17. The summed E-state index contributed by atoms with van der Waals surface area (Å²) in [6, 6.07) is 0. The van der Waals surface area contributed by atoms with E-state index in [2.05, 4.69) is 42.8 Å². The molecule has 0 saturated heterocycles. The lowest BCUT2D eigenvalue weighted by atomic mass is 10.2. The number of hydrogen-bond acceptors (Lipinski definition) is 2. The fourth-order valence-corrected chi connectivity index (χ4v) is 1.22. The number of carbonyl (C=O) groups excluding carboxylic acids is 1. The molecule has 102 valence electrons. The Hall–Kier alpha value is -1.93. The molecule has 0 spiro atoms. The standard InChI is InChI=1S/C17H22O2/c1-3-4-5-6-7-8-9-10-11-12-13-14-15-16-19-17(2)18/h7-8,14-15H,3-6,9,16H2,1-2H3. The number of carbonyl (C=O) groups is 1. The number of allylic oxidation sites excluding steroid dienone is 3. The molecule has 2 heteroatoms. The van der Waals surface area contributed by atoms with Crippen molar-refractivity contribution in [2.45, 2.75) is 46.0 Å². The number of ether oxygens (including phenoxy) is 1. The van der Waals surface area contributed by atoms with E-state index in [4.69, 9.17) is 4.74 Å². The van der Waals surface area contributed by atoms with Crippen molar-refractivity contribution < 1.29 is 9.53 Å². The van der Waals surface area contributed by atoms with Crippen molar-refractivity contribution in [1.29, 1.82) is 0 Å². The summed E-state index contributed by atoms with van der Waals surface area (Å²) in [5.74, 6) is 10.9. The largest absolute Gasteiger partial charge is 0.462 e. The first-order valence-electron chi connectivity index (χ1n) is 6.69. The normalized spacial score (nSPS) is 9.79. The van der Waals surface area contributed by atoms with Crippen molar-refractivity contribution >= 4 is 5.97 Å². The molecule has 0 unspecified atom stereocenters. The van der Waals surface area contributed by atoms with Gasteiger partial charge < -0.3 is 4.74 Å². The van der Waals surface area contributed by atoms with Crippen LogP contribution >= 0.6 is 0 Å². The Morgan fingerprint density at radius 3 is 2.74 bits per heavy atom. The van der Waals surface area contributed by atoms with Crippen molar-refractivity contribution in [1.82, 2.24) is 0 Å². The molecule has 0 N–H and O–H groups in total. The number of esters is 1. The highest BCUT2D eigenvalue weighted by molar-refractivity contribution is 5.66. The van der Waals surface area contributed by atoms with E-state index in [1.807, 2.05) is 0 Å². The van der Waals surface area contributed by atoms with Gasteiger partial charge in [-0.2, -0.15) is 0 Å². The summed E-state index contributed by atoms with van der Waals surface area (Å²) in [5.41, 5.74) is 0. The van der Waals surface area contributed by atoms with Crippen molar-refractivity contribution in [3.8, 4) is 23.7 Å². The van der Waals surface area contributed by atoms with Crippen molar-refractivity contribution in [2.24, 2.45) is 0 Å². The minimum atomic E-state index is -0.289. The molecule has 0 atom stereocenters. The average molecular weight is 258 g/mol. The van der Waals surface area contributed by atoms with E-state index >= 15 is 0 Å². The van der Waals surface area contributed by atoms with Gasteiger partial charge in [-0.05, 0) is 36.8 Å². The lowest BCUT2D eigenvalue weighted by molar-refractivity contribution is -0.139. The molecule has 0 heterocycles. The van der Waals surface area contributed by atoms with Gasteiger partial charge in [0.2, 0.25) is 0 Å². The molecule has 0 bridgehead atoms. The van der Waals surface area contributed by atoms with Crippen LogP contribution in [0.4, 0.5) is 0 Å². The molecule has 19 heavy (non-hydrogen) atoms. The number of rotatable bonds is 7. The Morgan fingerprint density at radius 1 is 1.16 bits per heavy atom. The lowest BCUT2D eigenvalue weighted by Gasteiger charge is -1.91. The van der Waals surface area contributed by atoms with Gasteiger partial charge in [0, 0.05) is 13.3 Å². The zero-order valence-electron chi connectivity index (χ0n) is 11.9. The molecule has 0 aliphatic heterocycles. The van der Waals surface area contributed by atoms with Gasteiger partial charge >= 0.3 is 5.97 Å². The van der Waals surface area contributed by atoms with Gasteiger partial charge in [-0.25, -0.2) is 0 Å². The maximum Gasteiger partial charge on any atom is 0.302 e. The summed E-state index contributed by atoms with van der Waals surface area (Å²) in [4.78, 5) is 10.4. The first-order chi connectivity index (χ1) is 9.27. The Labute approximate surface area is 116 Å². The van der Waals surface area contributed by atoms with Gasteiger partial charge in [0.15, 0.2) is 0 Å². The summed E-state index contributed by atoms with van der Waals surface area (Å²) in [6.07, 6.45) is 13.3. The SMILES string of the molecule is CCCCCC=CCC#CC#CC=CCOC(C)=O. The van der Waals surface area contributed by atoms with Gasteiger partial charge in [0.1, 0.15) is 6.61 Å². The number of unbranched alkanes of at least 4 members (excludes halogenated alkanes) is 3. The van der Waals surface area contributed by atoms with Gasteiger partial charge in [-0.15, -0.1) is 0 Å². The van der Waals surface area contributed by atoms with Crippen LogP contribution in [0.3, 0.4) is 0 Å². The predicted octanol–water partition coefficient (Wildman–Crippen LogP) is 3.64. The molecular formula is C17H22O2. The van der Waals surface area contributed by atoms with E-state index in [1.165, 1.54) is 26.2 Å². The molecule has 0 rings (SSSR count). The highest BCUT2D eigenvalue weighted by Gasteiger charge is 1.84. The zero-order valence-corrected chi connectivity index (χ0v) is 11.9. The topological polar surface area (TPSA) is 26.3 Å². The van der Waals surface area contributed by atoms with Crippen LogP contribution in [0.25, 0.3) is 0 Å². The van der Waals surface area contributed by atoms with E-state index in [0.717, 1.165) is 12.8 Å². The number of hydrogen-bond donors (Lipinski definition) is 0. The molecule has 0 saturated carbocycles. The van der Waals surface area contributed by atoms with Crippen molar-refractivity contribution in [2.75, 3.05) is 6.61 Å². The maximum absolute atomic E-state index is 10.4. The molecular weight excluding hydrogens is 236 g/mol. The first-order valence-corrected chi connectivity index (χ1v) is 6.69. The minimum Gasteiger partial charge on any atom is -0.462 e. The second-order valence-electron chi connectivity index (χ2n) is 3.95. The third kappa shape index (κ3) is 16.1. The van der Waals surface area contributed by atoms with E-state index in [1.54, 1.807) is 12.2 Å². The van der Waals surface area contributed by atoms with Crippen molar-refractivity contribution in [3.63, 3.8) is 0 Å². The molecule has 0 fully saturated rings. The molecule has 0 aromatic heterocycles. The van der Waals surface area contributed by atoms with Crippen LogP contribution in [-0.4, -0.2) is 12.6 Å². The van der Waals surface area contributed by atoms with Crippen LogP contribution in [0, 0.1) is 23.7 Å². The Kier molecular flexibility index (Phi) is 12.7. The minimum absolute atomic E-state index is 0.262. The summed E-state index contributed by atoms with van der Waals surface area (Å²) in [7, 11) is 0. The summed E-state index contributed by atoms with van der Waals surface area (Å²) < 4.78 is 4.70. The Morgan fingerprint density at radius 2 is 2.00 bits per heavy atom. The molecule has 2 nitrogen and oxygen atoms in total. The second kappa shape index (κ2) is 14.1. The van der Waals surface area contributed by atoms with Crippen LogP contribution in [-0.2, 0) is 9.53 Å². The molecule has 0 amide bonds. The van der Waals surface area contributed by atoms with Crippen LogP contribution < -0.4 is 0 Å². The lowest BCUT2D eigenvalue weighted by Crippen LogP contribution is -1.96. The Balaban J connectivity index is 3.61. The highest BCUT2D eigenvalue weighted by Crippen LogP contribution is 1.99. The summed E-state index contributed by atoms with van der Waals surface area (Å²) in [5, 5.41) is 0. The second-order valence-corrected chi connectivity index (χ2v) is 3.95. The van der Waals surface area contributed by atoms with Gasteiger partial charge in [-0.3, -0.25) is 4.79 Å². The van der Waals surface area contributed by atoms with Crippen molar-refractivity contribution in [3.05, 3.63) is 24.3 Å². The van der Waals surface area contributed by atoms with Gasteiger partial charge in [-0.1, -0.05) is 43.8 Å². The summed E-state index contributed by atoms with van der Waals surface area (Å²) in [6.45, 7) is 3.84. The summed E-state index contributed by atoms with van der Waals surface area (Å²) >= 11 is 0. The molecule has 0 aliphatic carbocycles. The van der Waals surface area contributed by atoms with E-state index in [9.17, 15) is 4.79 Å². The van der Waals surface area contributed by atoms with E-state index in [0.29, 0.717) is 0 Å². The monoisotopic (exact) mass is 258 g/mol. The van der Waals surface area contributed by atoms with E-state index in [-0.39, 0.29) is 12.6 Å². The van der Waals surface area contributed by atoms with E-state index < -0.39 is 0 Å². The molecule has 0 aromatic rings. The smallest absolute Gasteiger partial charge is 0.302 e. The fraction of sp³-hybridized carbons (Fsp3) is 0.471. The maximum atomic E-state index is 10.4. The fourth-order valence-electron chi connectivity index (χ4n) is 1.22. The van der Waals surface area contributed by atoms with Crippen LogP contribution in [0.1, 0.15) is 46.0 Å². The van der Waals surface area contributed by atoms with Crippen LogP contribution in [0.2, 0.25) is 0 Å².